The predicted octanol–water partition coefficient (Wildman–Crippen LogP) is 6.23. The largest absolute Gasteiger partial charge is 0.438 e. The Morgan fingerprint density at radius 2 is 1.45 bits per heavy atom. The monoisotopic (exact) mass is 541 g/mol. The third-order valence-corrected chi connectivity index (χ3v) is 6.55. The van der Waals surface area contributed by atoms with Crippen LogP contribution in [0, 0.1) is 18.6 Å². The zero-order chi connectivity index (χ0) is 28.2. The fourth-order valence-corrected chi connectivity index (χ4v) is 4.45. The van der Waals surface area contributed by atoms with E-state index < -0.39 is 41.7 Å². The van der Waals surface area contributed by atoms with Crippen molar-refractivity contribution in [1.29, 1.82) is 0 Å². The fourth-order valence-electron chi connectivity index (χ4n) is 4.45. The van der Waals surface area contributed by atoms with E-state index in [1.54, 1.807) is 30.3 Å². The molecule has 2 atom stereocenters. The normalized spacial score (nSPS) is 16.4. The summed E-state index contributed by atoms with van der Waals surface area (Å²) in [6.07, 6.45) is -1.63. The van der Waals surface area contributed by atoms with E-state index in [0.29, 0.717) is 16.9 Å². The Labute approximate surface area is 229 Å². The molecule has 0 radical (unpaired) electrons. The van der Waals surface area contributed by atoms with E-state index in [4.69, 9.17) is 4.74 Å². The molecule has 202 valence electrons. The van der Waals surface area contributed by atoms with Crippen LogP contribution in [-0.2, 0) is 16.1 Å². The first-order chi connectivity index (χ1) is 19.3. The van der Waals surface area contributed by atoms with Gasteiger partial charge in [-0.05, 0) is 66.6 Å². The van der Waals surface area contributed by atoms with Crippen molar-refractivity contribution < 1.29 is 27.9 Å². The summed E-state index contributed by atoms with van der Waals surface area (Å²) >= 11 is 0. The molecule has 40 heavy (non-hydrogen) atoms. The number of anilines is 2. The van der Waals surface area contributed by atoms with Gasteiger partial charge in [0.2, 0.25) is 0 Å². The van der Waals surface area contributed by atoms with Gasteiger partial charge < -0.3 is 15.4 Å². The Morgan fingerprint density at radius 3 is 2.12 bits per heavy atom. The van der Waals surface area contributed by atoms with Crippen LogP contribution in [0.1, 0.15) is 33.2 Å². The zero-order valence-corrected chi connectivity index (χ0v) is 21.4. The maximum Gasteiger partial charge on any atom is 0.411 e. The Balaban J connectivity index is 1.39. The van der Waals surface area contributed by atoms with Crippen molar-refractivity contribution in [2.45, 2.75) is 25.6 Å². The summed E-state index contributed by atoms with van der Waals surface area (Å²) in [6.45, 7) is 2.08. The first-order valence-electron chi connectivity index (χ1n) is 12.5. The van der Waals surface area contributed by atoms with Crippen LogP contribution < -0.4 is 10.6 Å². The van der Waals surface area contributed by atoms with Crippen LogP contribution in [0.2, 0.25) is 0 Å². The highest BCUT2D eigenvalue weighted by Crippen LogP contribution is 2.35. The average Bonchev–Trinajstić information content (AvgIpc) is 3.27. The van der Waals surface area contributed by atoms with Gasteiger partial charge >= 0.3 is 6.09 Å². The number of aryl methyl sites for hydroxylation is 1. The topological polar surface area (TPSA) is 87.7 Å². The highest BCUT2D eigenvalue weighted by Gasteiger charge is 2.47. The van der Waals surface area contributed by atoms with Gasteiger partial charge in [-0.1, -0.05) is 54.1 Å². The molecule has 0 aromatic heterocycles. The molecule has 4 aromatic rings. The lowest BCUT2D eigenvalue weighted by molar-refractivity contribution is -0.121. The molecule has 5 rings (SSSR count). The lowest BCUT2D eigenvalue weighted by Gasteiger charge is -2.24. The van der Waals surface area contributed by atoms with Crippen molar-refractivity contribution in [3.8, 4) is 0 Å². The van der Waals surface area contributed by atoms with Crippen molar-refractivity contribution >= 4 is 29.3 Å². The second-order valence-electron chi connectivity index (χ2n) is 9.41. The number of halogens is 2. The molecule has 7 nitrogen and oxygen atoms in total. The first-order valence-corrected chi connectivity index (χ1v) is 12.5. The van der Waals surface area contributed by atoms with Gasteiger partial charge in [0.1, 0.15) is 11.6 Å². The molecule has 0 aliphatic carbocycles. The van der Waals surface area contributed by atoms with E-state index in [0.717, 1.165) is 11.1 Å². The van der Waals surface area contributed by atoms with Crippen molar-refractivity contribution in [2.24, 2.45) is 0 Å². The van der Waals surface area contributed by atoms with E-state index in [-0.39, 0.29) is 12.1 Å². The third-order valence-electron chi connectivity index (χ3n) is 6.55. The Hall–Kier alpha value is -5.05. The number of hydrogen-bond donors (Lipinski definition) is 2. The molecule has 0 saturated carbocycles. The molecule has 0 bridgehead atoms. The number of nitrogens with one attached hydrogen (secondary N) is 2. The Bertz CT molecular complexity index is 1540. The first kappa shape index (κ1) is 26.6. The van der Waals surface area contributed by atoms with Crippen LogP contribution >= 0.6 is 0 Å². The van der Waals surface area contributed by atoms with Gasteiger partial charge in [-0.15, -0.1) is 0 Å². The molecule has 1 aliphatic rings. The van der Waals surface area contributed by atoms with Gasteiger partial charge in [0.05, 0.1) is 12.1 Å². The number of nitrogens with zero attached hydrogens (tertiary/aromatic N) is 1. The van der Waals surface area contributed by atoms with Crippen LogP contribution in [0.4, 0.5) is 25.0 Å². The fraction of sp³-hybridized carbons (Fsp3) is 0.129. The molecule has 1 fully saturated rings. The summed E-state index contributed by atoms with van der Waals surface area (Å²) in [6, 6.07) is 23.9. The summed E-state index contributed by atoms with van der Waals surface area (Å²) in [5.74, 6) is -2.21. The minimum atomic E-state index is -1.04. The second-order valence-corrected chi connectivity index (χ2v) is 9.41. The molecule has 9 heteroatoms. The maximum atomic E-state index is 14.0. The molecule has 3 amide bonds. The minimum absolute atomic E-state index is 0.0967. The molecule has 0 unspecified atom stereocenters. The number of rotatable bonds is 7. The van der Waals surface area contributed by atoms with E-state index in [9.17, 15) is 23.2 Å². The van der Waals surface area contributed by atoms with Crippen molar-refractivity contribution in [3.63, 3.8) is 0 Å². The number of hydrogen-bond acceptors (Lipinski definition) is 4. The number of benzene rings is 4. The summed E-state index contributed by atoms with van der Waals surface area (Å²) in [5, 5.41) is 5.38. The number of cyclic esters (lactones) is 1. The molecule has 1 saturated heterocycles. The highest BCUT2D eigenvalue weighted by atomic mass is 19.1. The number of amides is 3. The van der Waals surface area contributed by atoms with E-state index in [1.807, 2.05) is 31.2 Å². The molecular formula is C31H25F2N3O4. The number of ether oxygens (including phenoxy) is 1. The zero-order valence-electron chi connectivity index (χ0n) is 21.4. The lowest BCUT2D eigenvalue weighted by atomic mass is 10.00. The predicted molar refractivity (Wildman–Crippen MR) is 146 cm³/mol. The van der Waals surface area contributed by atoms with E-state index in [1.165, 1.54) is 47.4 Å². The molecule has 1 heterocycles. The quantitative estimate of drug-likeness (QED) is 0.291. The van der Waals surface area contributed by atoms with Gasteiger partial charge in [-0.25, -0.2) is 13.6 Å². The third kappa shape index (κ3) is 5.83. The maximum absolute atomic E-state index is 14.0. The van der Waals surface area contributed by atoms with Gasteiger partial charge in [-0.2, -0.15) is 0 Å². The molecule has 4 aromatic carbocycles. The van der Waals surface area contributed by atoms with Gasteiger partial charge in [0.15, 0.2) is 12.1 Å². The van der Waals surface area contributed by atoms with E-state index in [2.05, 4.69) is 10.6 Å². The summed E-state index contributed by atoms with van der Waals surface area (Å²) in [5.41, 5.74) is 3.05. The molecular weight excluding hydrogens is 516 g/mol. The highest BCUT2D eigenvalue weighted by molar-refractivity contribution is 6.04. The Morgan fingerprint density at radius 1 is 0.825 bits per heavy atom. The van der Waals surface area contributed by atoms with E-state index >= 15 is 0 Å². The van der Waals surface area contributed by atoms with Gasteiger partial charge in [0, 0.05) is 11.4 Å². The smallest absolute Gasteiger partial charge is 0.411 e. The minimum Gasteiger partial charge on any atom is -0.438 e. The number of carbonyl (C=O) groups is 3. The van der Waals surface area contributed by atoms with Crippen molar-refractivity contribution in [2.75, 3.05) is 10.6 Å². The van der Waals surface area contributed by atoms with Gasteiger partial charge in [-0.3, -0.25) is 14.5 Å². The summed E-state index contributed by atoms with van der Waals surface area (Å²) in [4.78, 5) is 40.4. The summed E-state index contributed by atoms with van der Waals surface area (Å²) < 4.78 is 33.1. The molecule has 1 aliphatic heterocycles. The van der Waals surface area contributed by atoms with Crippen LogP contribution in [0.5, 0.6) is 0 Å². The Kier molecular flexibility index (Phi) is 7.54. The van der Waals surface area contributed by atoms with Crippen LogP contribution in [-0.4, -0.2) is 28.8 Å². The number of carbonyl (C=O) groups excluding carboxylic acids is 3. The van der Waals surface area contributed by atoms with Crippen molar-refractivity contribution in [1.82, 2.24) is 4.90 Å². The lowest BCUT2D eigenvalue weighted by Crippen LogP contribution is -2.43. The SMILES string of the molecule is Cc1ccc(CN2C(=O)O[C@@H](c3ccc(NC(=O)c4ccccc4F)cc3)[C@H]2C(=O)Nc2ccc(F)cc2)cc1. The van der Waals surface area contributed by atoms with Crippen LogP contribution in [0.25, 0.3) is 0 Å². The van der Waals surface area contributed by atoms with Crippen molar-refractivity contribution in [3.05, 3.63) is 131 Å². The van der Waals surface area contributed by atoms with Gasteiger partial charge in [0.25, 0.3) is 11.8 Å². The van der Waals surface area contributed by atoms with Crippen LogP contribution in [0.15, 0.2) is 97.1 Å². The molecule has 0 spiro atoms. The van der Waals surface area contributed by atoms with Crippen LogP contribution in [0.3, 0.4) is 0 Å². The standard InChI is InChI=1S/C31H25F2N3O4/c1-19-6-8-20(9-7-19)18-36-27(30(38)35-24-16-12-22(32)13-17-24)28(40-31(36)39)21-10-14-23(15-11-21)34-29(37)25-4-2-3-5-26(25)33/h2-17,27-28H,18H2,1H3,(H,34,37)(H,35,38)/t27-,28-/m0/s1. The second kappa shape index (κ2) is 11.4. The average molecular weight is 542 g/mol. The summed E-state index contributed by atoms with van der Waals surface area (Å²) in [7, 11) is 0. The molecule has 2 N–H and O–H groups in total.